The van der Waals surface area contributed by atoms with E-state index in [-0.39, 0.29) is 36.2 Å². The standard InChI is InChI=1S/C22H23F3N2O2/c23-18-3-2-14(10-19(18)24)16-11-17(16)22(29)26-12-13-1-4-21(20(25)9-13)27-7-5-15(28)6-8-27/h1-4,9-10,15-17,28H,5-8,11-12H2,(H,26,29)/t16-,17+/m1/s1. The zero-order chi connectivity index (χ0) is 20.5. The molecule has 4 rings (SSSR count). The van der Waals surface area contributed by atoms with E-state index in [0.717, 1.165) is 12.1 Å². The van der Waals surface area contributed by atoms with Crippen LogP contribution in [0, 0.1) is 23.4 Å². The Hall–Kier alpha value is -2.54. The lowest BCUT2D eigenvalue weighted by Gasteiger charge is -2.31. The van der Waals surface area contributed by atoms with Gasteiger partial charge in [0.15, 0.2) is 11.6 Å². The lowest BCUT2D eigenvalue weighted by Crippen LogP contribution is -2.36. The molecule has 154 valence electrons. The number of carbonyl (C=O) groups is 1. The van der Waals surface area contributed by atoms with Gasteiger partial charge in [0.05, 0.1) is 11.8 Å². The molecular weight excluding hydrogens is 381 g/mol. The lowest BCUT2D eigenvalue weighted by molar-refractivity contribution is -0.122. The molecule has 0 spiro atoms. The third-order valence-electron chi connectivity index (χ3n) is 5.78. The number of hydrogen-bond donors (Lipinski definition) is 2. The van der Waals surface area contributed by atoms with Crippen LogP contribution in [-0.4, -0.2) is 30.2 Å². The van der Waals surface area contributed by atoms with E-state index in [2.05, 4.69) is 5.32 Å². The first-order valence-electron chi connectivity index (χ1n) is 9.86. The highest BCUT2D eigenvalue weighted by molar-refractivity contribution is 5.82. The fourth-order valence-electron chi connectivity index (χ4n) is 3.94. The summed E-state index contributed by atoms with van der Waals surface area (Å²) < 4.78 is 40.9. The maximum absolute atomic E-state index is 14.5. The molecule has 2 N–H and O–H groups in total. The topological polar surface area (TPSA) is 52.6 Å². The van der Waals surface area contributed by atoms with E-state index in [0.29, 0.717) is 49.2 Å². The van der Waals surface area contributed by atoms with Gasteiger partial charge in [-0.05, 0) is 60.6 Å². The Morgan fingerprint density at radius 1 is 1.03 bits per heavy atom. The number of aliphatic hydroxyl groups excluding tert-OH is 1. The summed E-state index contributed by atoms with van der Waals surface area (Å²) in [6.07, 6.45) is 1.52. The molecule has 2 aromatic rings. The van der Waals surface area contributed by atoms with Crippen molar-refractivity contribution < 1.29 is 23.1 Å². The third-order valence-corrected chi connectivity index (χ3v) is 5.78. The molecule has 0 unspecified atom stereocenters. The molecule has 29 heavy (non-hydrogen) atoms. The van der Waals surface area contributed by atoms with Crippen molar-refractivity contribution in [1.82, 2.24) is 5.32 Å². The summed E-state index contributed by atoms with van der Waals surface area (Å²) in [4.78, 5) is 14.3. The quantitative estimate of drug-likeness (QED) is 0.802. The van der Waals surface area contributed by atoms with E-state index in [4.69, 9.17) is 0 Å². The second-order valence-corrected chi connectivity index (χ2v) is 7.84. The van der Waals surface area contributed by atoms with E-state index in [1.165, 1.54) is 12.1 Å². The number of nitrogens with zero attached hydrogens (tertiary/aromatic N) is 1. The number of carbonyl (C=O) groups excluding carboxylic acids is 1. The van der Waals surface area contributed by atoms with Gasteiger partial charge in [-0.3, -0.25) is 4.79 Å². The fourth-order valence-corrected chi connectivity index (χ4v) is 3.94. The van der Waals surface area contributed by atoms with Crippen molar-refractivity contribution in [3.63, 3.8) is 0 Å². The molecular formula is C22H23F3N2O2. The second-order valence-electron chi connectivity index (χ2n) is 7.84. The molecule has 1 aliphatic carbocycles. The largest absolute Gasteiger partial charge is 0.393 e. The van der Waals surface area contributed by atoms with Gasteiger partial charge in [-0.25, -0.2) is 13.2 Å². The molecule has 0 bridgehead atoms. The summed E-state index contributed by atoms with van der Waals surface area (Å²) in [5.74, 6) is -2.72. The van der Waals surface area contributed by atoms with Gasteiger partial charge in [-0.1, -0.05) is 12.1 Å². The van der Waals surface area contributed by atoms with E-state index in [1.807, 2.05) is 4.90 Å². The Bertz CT molecular complexity index is 913. The van der Waals surface area contributed by atoms with Gasteiger partial charge >= 0.3 is 0 Å². The van der Waals surface area contributed by atoms with Crippen molar-refractivity contribution in [3.05, 3.63) is 65.0 Å². The molecule has 0 aromatic heterocycles. The molecule has 0 radical (unpaired) electrons. The molecule has 1 amide bonds. The van der Waals surface area contributed by atoms with Gasteiger partial charge in [-0.2, -0.15) is 0 Å². The average molecular weight is 404 g/mol. The van der Waals surface area contributed by atoms with Crippen LogP contribution in [0.2, 0.25) is 0 Å². The third kappa shape index (κ3) is 4.40. The van der Waals surface area contributed by atoms with Gasteiger partial charge in [0.25, 0.3) is 0 Å². The Kier molecular flexibility index (Phi) is 5.50. The maximum Gasteiger partial charge on any atom is 0.224 e. The molecule has 1 saturated carbocycles. The highest BCUT2D eigenvalue weighted by Crippen LogP contribution is 2.47. The van der Waals surface area contributed by atoms with Gasteiger partial charge in [0.1, 0.15) is 5.82 Å². The number of halogens is 3. The zero-order valence-electron chi connectivity index (χ0n) is 15.9. The second kappa shape index (κ2) is 8.06. The number of hydrogen-bond acceptors (Lipinski definition) is 3. The molecule has 1 heterocycles. The molecule has 7 heteroatoms. The number of anilines is 1. The average Bonchev–Trinajstić information content (AvgIpc) is 3.50. The Morgan fingerprint density at radius 3 is 2.48 bits per heavy atom. The Labute approximate surface area is 167 Å². The van der Waals surface area contributed by atoms with E-state index in [1.54, 1.807) is 12.1 Å². The summed E-state index contributed by atoms with van der Waals surface area (Å²) >= 11 is 0. The zero-order valence-corrected chi connectivity index (χ0v) is 15.9. The van der Waals surface area contributed by atoms with E-state index >= 15 is 0 Å². The Balaban J connectivity index is 1.32. The predicted octanol–water partition coefficient (Wildman–Crippen LogP) is 3.48. The maximum atomic E-state index is 14.5. The lowest BCUT2D eigenvalue weighted by atomic mass is 10.1. The van der Waals surface area contributed by atoms with Crippen LogP contribution < -0.4 is 10.2 Å². The minimum atomic E-state index is -0.910. The van der Waals surface area contributed by atoms with Crippen molar-refractivity contribution in [3.8, 4) is 0 Å². The first kappa shape index (κ1) is 19.8. The minimum Gasteiger partial charge on any atom is -0.393 e. The van der Waals surface area contributed by atoms with Crippen molar-refractivity contribution in [2.75, 3.05) is 18.0 Å². The van der Waals surface area contributed by atoms with Crippen molar-refractivity contribution in [2.24, 2.45) is 5.92 Å². The van der Waals surface area contributed by atoms with Crippen molar-refractivity contribution in [1.29, 1.82) is 0 Å². The van der Waals surface area contributed by atoms with Gasteiger partial charge in [0.2, 0.25) is 5.91 Å². The molecule has 1 aliphatic heterocycles. The van der Waals surface area contributed by atoms with Crippen LogP contribution in [0.1, 0.15) is 36.3 Å². The van der Waals surface area contributed by atoms with Crippen molar-refractivity contribution in [2.45, 2.75) is 37.8 Å². The first-order chi connectivity index (χ1) is 13.9. The fraction of sp³-hybridized carbons (Fsp3) is 0.409. The van der Waals surface area contributed by atoms with Crippen LogP contribution in [0.25, 0.3) is 0 Å². The summed E-state index contributed by atoms with van der Waals surface area (Å²) in [5, 5.41) is 12.4. The van der Waals surface area contributed by atoms with Gasteiger partial charge in [-0.15, -0.1) is 0 Å². The number of amides is 1. The monoisotopic (exact) mass is 404 g/mol. The number of rotatable bonds is 5. The normalized spacial score (nSPS) is 21.9. The van der Waals surface area contributed by atoms with Crippen LogP contribution in [0.5, 0.6) is 0 Å². The first-order valence-corrected chi connectivity index (χ1v) is 9.86. The van der Waals surface area contributed by atoms with E-state index < -0.39 is 11.6 Å². The minimum absolute atomic E-state index is 0.112. The molecule has 2 aliphatic rings. The highest BCUT2D eigenvalue weighted by atomic mass is 19.2. The SMILES string of the molecule is O=C(NCc1ccc(N2CCC(O)CC2)c(F)c1)[C@H]1C[C@@H]1c1ccc(F)c(F)c1. The number of piperidine rings is 1. The van der Waals surface area contributed by atoms with Gasteiger partial charge in [0, 0.05) is 25.6 Å². The molecule has 2 fully saturated rings. The molecule has 1 saturated heterocycles. The van der Waals surface area contributed by atoms with Crippen molar-refractivity contribution >= 4 is 11.6 Å². The number of nitrogens with one attached hydrogen (secondary N) is 1. The van der Waals surface area contributed by atoms with Crippen LogP contribution in [-0.2, 0) is 11.3 Å². The molecule has 4 nitrogen and oxygen atoms in total. The molecule has 2 atom stereocenters. The predicted molar refractivity (Wildman–Crippen MR) is 103 cm³/mol. The number of benzene rings is 2. The molecule has 2 aromatic carbocycles. The van der Waals surface area contributed by atoms with Crippen LogP contribution in [0.15, 0.2) is 36.4 Å². The summed E-state index contributed by atoms with van der Waals surface area (Å²) in [6.45, 7) is 1.43. The smallest absolute Gasteiger partial charge is 0.224 e. The summed E-state index contributed by atoms with van der Waals surface area (Å²) in [6, 6.07) is 8.62. The summed E-state index contributed by atoms with van der Waals surface area (Å²) in [5.41, 5.74) is 1.78. The highest BCUT2D eigenvalue weighted by Gasteiger charge is 2.44. The van der Waals surface area contributed by atoms with Crippen LogP contribution in [0.4, 0.5) is 18.9 Å². The Morgan fingerprint density at radius 2 is 1.79 bits per heavy atom. The van der Waals surface area contributed by atoms with Gasteiger partial charge < -0.3 is 15.3 Å². The number of aliphatic hydroxyl groups is 1. The van der Waals surface area contributed by atoms with Crippen LogP contribution in [0.3, 0.4) is 0 Å². The summed E-state index contributed by atoms with van der Waals surface area (Å²) in [7, 11) is 0. The van der Waals surface area contributed by atoms with Crippen LogP contribution >= 0.6 is 0 Å². The van der Waals surface area contributed by atoms with E-state index in [9.17, 15) is 23.1 Å².